The van der Waals surface area contributed by atoms with Crippen LogP contribution in [0.1, 0.15) is 39.0 Å². The van der Waals surface area contributed by atoms with Gasteiger partial charge in [-0.1, -0.05) is 13.5 Å². The predicted molar refractivity (Wildman–Crippen MR) is 56.7 cm³/mol. The number of ketones is 1. The molecule has 0 radical (unpaired) electrons. The summed E-state index contributed by atoms with van der Waals surface area (Å²) in [6.45, 7) is 5.26. The standard InChI is InChI=1S/C11H18O4/c1-8(3-4-9(2)12)7-10(13)5-6-11(14)15/h8,12H,2-7H2,1H3,(H,14,15). The lowest BCUT2D eigenvalue weighted by atomic mass is 9.97. The van der Waals surface area contributed by atoms with Crippen LogP contribution in [0.3, 0.4) is 0 Å². The lowest BCUT2D eigenvalue weighted by Gasteiger charge is -2.09. The fraction of sp³-hybridized carbons (Fsp3) is 0.636. The van der Waals surface area contributed by atoms with Crippen LogP contribution >= 0.6 is 0 Å². The van der Waals surface area contributed by atoms with Crippen molar-refractivity contribution < 1.29 is 19.8 Å². The first-order chi connectivity index (χ1) is 6.91. The van der Waals surface area contributed by atoms with Gasteiger partial charge in [-0.3, -0.25) is 9.59 Å². The minimum absolute atomic E-state index is 0.0338. The van der Waals surface area contributed by atoms with Crippen molar-refractivity contribution >= 4 is 11.8 Å². The Bertz CT molecular complexity index is 245. The molecule has 0 aliphatic rings. The zero-order chi connectivity index (χ0) is 11.8. The molecule has 0 saturated heterocycles. The quantitative estimate of drug-likeness (QED) is 0.608. The summed E-state index contributed by atoms with van der Waals surface area (Å²) >= 11 is 0. The van der Waals surface area contributed by atoms with Crippen LogP contribution in [-0.2, 0) is 9.59 Å². The maximum atomic E-state index is 11.3. The van der Waals surface area contributed by atoms with Gasteiger partial charge in [0.15, 0.2) is 0 Å². The van der Waals surface area contributed by atoms with Gasteiger partial charge in [-0.25, -0.2) is 0 Å². The van der Waals surface area contributed by atoms with Gasteiger partial charge in [0.05, 0.1) is 12.2 Å². The molecule has 4 heteroatoms. The summed E-state index contributed by atoms with van der Waals surface area (Å²) in [7, 11) is 0. The van der Waals surface area contributed by atoms with Crippen molar-refractivity contribution in [3.8, 4) is 0 Å². The summed E-state index contributed by atoms with van der Waals surface area (Å²) in [5.41, 5.74) is 0. The van der Waals surface area contributed by atoms with Gasteiger partial charge in [-0.05, 0) is 12.3 Å². The van der Waals surface area contributed by atoms with E-state index in [0.717, 1.165) is 0 Å². The fourth-order valence-electron chi connectivity index (χ4n) is 1.25. The molecular weight excluding hydrogens is 196 g/mol. The summed E-state index contributed by atoms with van der Waals surface area (Å²) in [5.74, 6) is -0.691. The Balaban J connectivity index is 3.66. The molecule has 0 aromatic carbocycles. The molecule has 4 nitrogen and oxygen atoms in total. The van der Waals surface area contributed by atoms with Crippen molar-refractivity contribution in [3.63, 3.8) is 0 Å². The Morgan fingerprint density at radius 1 is 1.20 bits per heavy atom. The van der Waals surface area contributed by atoms with Gasteiger partial charge >= 0.3 is 5.97 Å². The van der Waals surface area contributed by atoms with Crippen LogP contribution in [0.4, 0.5) is 0 Å². The number of aliphatic hydroxyl groups is 1. The molecule has 0 aromatic heterocycles. The highest BCUT2D eigenvalue weighted by Gasteiger charge is 2.10. The average molecular weight is 214 g/mol. The molecule has 0 amide bonds. The fourth-order valence-corrected chi connectivity index (χ4v) is 1.25. The summed E-state index contributed by atoms with van der Waals surface area (Å²) in [4.78, 5) is 21.5. The molecule has 15 heavy (non-hydrogen) atoms. The van der Waals surface area contributed by atoms with E-state index in [-0.39, 0.29) is 30.3 Å². The summed E-state index contributed by atoms with van der Waals surface area (Å²) in [6.07, 6.45) is 1.57. The zero-order valence-corrected chi connectivity index (χ0v) is 9.03. The molecule has 86 valence electrons. The molecule has 0 spiro atoms. The molecule has 0 aromatic rings. The molecule has 1 atom stereocenters. The first-order valence-electron chi connectivity index (χ1n) is 5.02. The van der Waals surface area contributed by atoms with Crippen molar-refractivity contribution in [3.05, 3.63) is 12.3 Å². The summed E-state index contributed by atoms with van der Waals surface area (Å²) < 4.78 is 0. The summed E-state index contributed by atoms with van der Waals surface area (Å²) in [6, 6.07) is 0. The second-order valence-corrected chi connectivity index (χ2v) is 3.85. The third-order valence-corrected chi connectivity index (χ3v) is 2.12. The second kappa shape index (κ2) is 7.04. The largest absolute Gasteiger partial charge is 0.513 e. The van der Waals surface area contributed by atoms with E-state index in [1.165, 1.54) is 0 Å². The Kier molecular flexibility index (Phi) is 6.42. The van der Waals surface area contributed by atoms with Gasteiger partial charge in [-0.15, -0.1) is 0 Å². The smallest absolute Gasteiger partial charge is 0.303 e. The minimum atomic E-state index is -0.945. The van der Waals surface area contributed by atoms with Crippen LogP contribution < -0.4 is 0 Å². The normalized spacial score (nSPS) is 12.1. The van der Waals surface area contributed by atoms with Crippen LogP contribution in [0.2, 0.25) is 0 Å². The van der Waals surface area contributed by atoms with Crippen molar-refractivity contribution in [2.24, 2.45) is 5.92 Å². The topological polar surface area (TPSA) is 74.6 Å². The molecule has 2 N–H and O–H groups in total. The number of carbonyl (C=O) groups excluding carboxylic acids is 1. The predicted octanol–water partition coefficient (Wildman–Crippen LogP) is 2.30. The van der Waals surface area contributed by atoms with E-state index in [9.17, 15) is 9.59 Å². The van der Waals surface area contributed by atoms with E-state index in [2.05, 4.69) is 6.58 Å². The number of aliphatic carboxylic acids is 1. The van der Waals surface area contributed by atoms with E-state index >= 15 is 0 Å². The average Bonchev–Trinajstić information content (AvgIpc) is 2.11. The van der Waals surface area contributed by atoms with E-state index in [1.807, 2.05) is 6.92 Å². The van der Waals surface area contributed by atoms with Crippen LogP contribution in [0, 0.1) is 5.92 Å². The first kappa shape index (κ1) is 13.7. The van der Waals surface area contributed by atoms with Gasteiger partial charge in [0.2, 0.25) is 0 Å². The van der Waals surface area contributed by atoms with E-state index in [4.69, 9.17) is 10.2 Å². The molecule has 0 saturated carbocycles. The van der Waals surface area contributed by atoms with Gasteiger partial charge in [0.1, 0.15) is 5.78 Å². The number of Topliss-reactive ketones (excluding diaryl/α,β-unsaturated/α-hetero) is 1. The number of carbonyl (C=O) groups is 2. The Hall–Kier alpha value is -1.32. The van der Waals surface area contributed by atoms with E-state index in [1.54, 1.807) is 0 Å². The van der Waals surface area contributed by atoms with Crippen LogP contribution in [0.25, 0.3) is 0 Å². The third kappa shape index (κ3) is 9.00. The first-order valence-corrected chi connectivity index (χ1v) is 5.02. The molecule has 0 heterocycles. The number of rotatable bonds is 8. The van der Waals surface area contributed by atoms with Crippen LogP contribution in [0.5, 0.6) is 0 Å². The molecule has 0 aliphatic heterocycles. The van der Waals surface area contributed by atoms with Crippen LogP contribution in [-0.4, -0.2) is 22.0 Å². The van der Waals surface area contributed by atoms with Gasteiger partial charge < -0.3 is 10.2 Å². The summed E-state index contributed by atoms with van der Waals surface area (Å²) in [5, 5.41) is 17.2. The highest BCUT2D eigenvalue weighted by Crippen LogP contribution is 2.14. The number of hydrogen-bond acceptors (Lipinski definition) is 3. The maximum absolute atomic E-state index is 11.3. The Morgan fingerprint density at radius 2 is 1.80 bits per heavy atom. The van der Waals surface area contributed by atoms with Gasteiger partial charge in [0.25, 0.3) is 0 Å². The van der Waals surface area contributed by atoms with Crippen LogP contribution in [0.15, 0.2) is 12.3 Å². The number of allylic oxidation sites excluding steroid dienone is 1. The number of hydrogen-bond donors (Lipinski definition) is 2. The number of aliphatic hydroxyl groups excluding tert-OH is 1. The molecule has 1 unspecified atom stereocenters. The molecular formula is C11H18O4. The lowest BCUT2D eigenvalue weighted by molar-refractivity contribution is -0.138. The Morgan fingerprint density at radius 3 is 2.27 bits per heavy atom. The third-order valence-electron chi connectivity index (χ3n) is 2.12. The zero-order valence-electron chi connectivity index (χ0n) is 9.03. The highest BCUT2D eigenvalue weighted by atomic mass is 16.4. The number of carboxylic acids is 1. The maximum Gasteiger partial charge on any atom is 0.303 e. The highest BCUT2D eigenvalue weighted by molar-refractivity contribution is 5.82. The second-order valence-electron chi connectivity index (χ2n) is 3.85. The van der Waals surface area contributed by atoms with E-state index < -0.39 is 5.97 Å². The van der Waals surface area contributed by atoms with Crippen molar-refractivity contribution in [1.29, 1.82) is 0 Å². The molecule has 0 fully saturated rings. The monoisotopic (exact) mass is 214 g/mol. The van der Waals surface area contributed by atoms with Gasteiger partial charge in [-0.2, -0.15) is 0 Å². The minimum Gasteiger partial charge on any atom is -0.513 e. The van der Waals surface area contributed by atoms with E-state index in [0.29, 0.717) is 19.3 Å². The lowest BCUT2D eigenvalue weighted by Crippen LogP contribution is -2.08. The SMILES string of the molecule is C=C(O)CCC(C)CC(=O)CCC(=O)O. The van der Waals surface area contributed by atoms with Crippen molar-refractivity contribution in [1.82, 2.24) is 0 Å². The van der Waals surface area contributed by atoms with Gasteiger partial charge in [0, 0.05) is 19.3 Å². The van der Waals surface area contributed by atoms with Crippen molar-refractivity contribution in [2.45, 2.75) is 39.0 Å². The van der Waals surface area contributed by atoms with Crippen molar-refractivity contribution in [2.75, 3.05) is 0 Å². The molecule has 0 aliphatic carbocycles. The molecule has 0 bridgehead atoms. The molecule has 0 rings (SSSR count). The Labute approximate surface area is 89.6 Å². The number of carboxylic acid groups (broad SMARTS) is 1.